The molecule has 0 radical (unpaired) electrons. The third-order valence-corrected chi connectivity index (χ3v) is 12.3. The number of nitrogens with two attached hydrogens (primary N) is 2. The Balaban J connectivity index is 0. The van der Waals surface area contributed by atoms with Crippen LogP contribution in [0.1, 0.15) is 219 Å². The number of carbonyl (C=O) groups is 1. The fourth-order valence-corrected chi connectivity index (χ4v) is 8.15. The van der Waals surface area contributed by atoms with E-state index >= 15 is 0 Å². The zero-order valence-electron chi connectivity index (χ0n) is 43.1. The van der Waals surface area contributed by atoms with Crippen molar-refractivity contribution in [1.29, 1.82) is 0 Å². The van der Waals surface area contributed by atoms with Crippen molar-refractivity contribution in [3.05, 3.63) is 24.3 Å². The average molecular weight is 928 g/mol. The average Bonchev–Trinajstić information content (AvgIpc) is 3.27. The minimum atomic E-state index is -0.203. The molecule has 0 aromatic rings. The highest BCUT2D eigenvalue weighted by Gasteiger charge is 2.24. The Bertz CT molecular complexity index is 987. The van der Waals surface area contributed by atoms with Crippen LogP contribution in [0.2, 0.25) is 0 Å². The van der Waals surface area contributed by atoms with Crippen molar-refractivity contribution < 1.29 is 31.2 Å². The van der Waals surface area contributed by atoms with Crippen molar-refractivity contribution in [3.8, 4) is 0 Å². The van der Waals surface area contributed by atoms with Gasteiger partial charge in [0.15, 0.2) is 0 Å². The van der Waals surface area contributed by atoms with E-state index in [-0.39, 0.29) is 30.5 Å². The van der Waals surface area contributed by atoms with E-state index in [1.54, 1.807) is 0 Å². The monoisotopic (exact) mass is 927 g/mol. The maximum absolute atomic E-state index is 13.3. The molecule has 2 unspecified atom stereocenters. The highest BCUT2D eigenvalue weighted by molar-refractivity contribution is 5.81. The molecular formula is C54H111ClN6O3. The molecule has 382 valence electrons. The summed E-state index contributed by atoms with van der Waals surface area (Å²) in [6, 6.07) is -0.203. The number of quaternary nitrogens is 1. The van der Waals surface area contributed by atoms with E-state index in [0.29, 0.717) is 26.2 Å². The van der Waals surface area contributed by atoms with Gasteiger partial charge in [0.05, 0.1) is 39.8 Å². The molecule has 0 rings (SSSR count). The Labute approximate surface area is 405 Å². The number of unbranched alkanes of at least 4 members (excludes halogenated alkanes) is 24. The fraction of sp³-hybridized carbons (Fsp3) is 0.907. The molecule has 0 aromatic heterocycles. The zero-order valence-corrected chi connectivity index (χ0v) is 43.8. The number of allylic oxidation sites excluding steroid dienone is 4. The van der Waals surface area contributed by atoms with Gasteiger partial charge in [0, 0.05) is 13.2 Å². The quantitative estimate of drug-likeness (QED) is 0.0235. The molecule has 0 aliphatic carbocycles. The van der Waals surface area contributed by atoms with Gasteiger partial charge in [-0.05, 0) is 123 Å². The second kappa shape index (κ2) is 52.9. The lowest BCUT2D eigenvalue weighted by atomic mass is 10.1. The molecule has 0 fully saturated rings. The van der Waals surface area contributed by atoms with Crippen molar-refractivity contribution in [2.24, 2.45) is 11.5 Å². The SMILES string of the molecule is CCCCCCCC/C=C\CCCCCCCCOCC(C[N+](C)(C)CCNC(=O)C(CCCNCCCN)NCCCN)OCCCCCCCC/C=C\CCCCCCCC.[Cl-]. The van der Waals surface area contributed by atoms with Crippen LogP contribution >= 0.6 is 0 Å². The second-order valence-corrected chi connectivity index (χ2v) is 19.3. The molecule has 64 heavy (non-hydrogen) atoms. The summed E-state index contributed by atoms with van der Waals surface area (Å²) in [7, 11) is 4.50. The number of rotatable bonds is 52. The van der Waals surface area contributed by atoms with E-state index < -0.39 is 0 Å². The summed E-state index contributed by atoms with van der Waals surface area (Å²) in [6.45, 7) is 13.0. The summed E-state index contributed by atoms with van der Waals surface area (Å²) in [5, 5.41) is 10.1. The van der Waals surface area contributed by atoms with Crippen LogP contribution < -0.4 is 39.8 Å². The van der Waals surface area contributed by atoms with Gasteiger partial charge in [-0.15, -0.1) is 0 Å². The van der Waals surface area contributed by atoms with Crippen LogP contribution in [-0.4, -0.2) is 109 Å². The molecule has 9 nitrogen and oxygen atoms in total. The minimum Gasteiger partial charge on any atom is -1.00 e. The zero-order chi connectivity index (χ0) is 46.0. The first kappa shape index (κ1) is 65.0. The summed E-state index contributed by atoms with van der Waals surface area (Å²) in [6.07, 6.45) is 50.0. The summed E-state index contributed by atoms with van der Waals surface area (Å²) >= 11 is 0. The number of nitrogens with zero attached hydrogens (tertiary/aromatic N) is 1. The molecule has 0 spiro atoms. The lowest BCUT2D eigenvalue weighted by Crippen LogP contribution is -3.00. The van der Waals surface area contributed by atoms with Gasteiger partial charge in [-0.25, -0.2) is 0 Å². The van der Waals surface area contributed by atoms with Gasteiger partial charge in [0.2, 0.25) is 5.91 Å². The summed E-state index contributed by atoms with van der Waals surface area (Å²) < 4.78 is 13.6. The number of likely N-dealkylation sites (N-methyl/N-ethyl adjacent to an activating group) is 1. The van der Waals surface area contributed by atoms with Crippen LogP contribution in [-0.2, 0) is 14.3 Å². The maximum atomic E-state index is 13.3. The van der Waals surface area contributed by atoms with E-state index in [1.807, 2.05) is 0 Å². The summed E-state index contributed by atoms with van der Waals surface area (Å²) in [5.41, 5.74) is 11.4. The van der Waals surface area contributed by atoms with Crippen LogP contribution in [0.4, 0.5) is 0 Å². The molecule has 1 amide bonds. The van der Waals surface area contributed by atoms with Crippen molar-refractivity contribution >= 4 is 5.91 Å². The van der Waals surface area contributed by atoms with Gasteiger partial charge in [-0.1, -0.05) is 154 Å². The number of nitrogens with one attached hydrogen (secondary N) is 3. The minimum absolute atomic E-state index is 0. The second-order valence-electron chi connectivity index (χ2n) is 19.3. The third-order valence-electron chi connectivity index (χ3n) is 12.3. The number of halogens is 1. The van der Waals surface area contributed by atoms with Crippen LogP contribution in [0.3, 0.4) is 0 Å². The molecule has 0 aromatic carbocycles. The largest absolute Gasteiger partial charge is 1.00 e. The highest BCUT2D eigenvalue weighted by Crippen LogP contribution is 2.13. The van der Waals surface area contributed by atoms with E-state index in [0.717, 1.165) is 88.9 Å². The van der Waals surface area contributed by atoms with Gasteiger partial charge in [0.25, 0.3) is 0 Å². The van der Waals surface area contributed by atoms with Gasteiger partial charge >= 0.3 is 0 Å². The Kier molecular flexibility index (Phi) is 53.8. The van der Waals surface area contributed by atoms with Crippen LogP contribution in [0.5, 0.6) is 0 Å². The van der Waals surface area contributed by atoms with Gasteiger partial charge in [-0.2, -0.15) is 0 Å². The number of amides is 1. The molecule has 0 heterocycles. The number of carbonyl (C=O) groups excluding carboxylic acids is 1. The number of hydrogen-bond acceptors (Lipinski definition) is 7. The summed E-state index contributed by atoms with van der Waals surface area (Å²) in [4.78, 5) is 13.3. The van der Waals surface area contributed by atoms with Crippen LogP contribution in [0.15, 0.2) is 24.3 Å². The normalized spacial score (nSPS) is 13.0. The standard InChI is InChI=1S/C54H110N6O3.ClH/c1-5-7-9-11-13-15-17-19-21-23-25-27-29-31-33-35-48-62-51-52(63-49-36-34-32-30-28-26-24-22-20-18-16-14-12-10-8-6-2)50-60(3,4)47-46-59-54(61)53(58-45-39-42-56)40-37-43-57-44-38-41-55;/h19-22,52-53,57-58H,5-18,23-51,55-56H2,1-4H3;1H/b21-19-,22-20-;. The van der Waals surface area contributed by atoms with Crippen molar-refractivity contribution in [1.82, 2.24) is 16.0 Å². The van der Waals surface area contributed by atoms with Crippen molar-refractivity contribution in [3.63, 3.8) is 0 Å². The molecule has 0 aliphatic rings. The molecule has 0 saturated heterocycles. The van der Waals surface area contributed by atoms with E-state index in [4.69, 9.17) is 20.9 Å². The predicted octanol–water partition coefficient (Wildman–Crippen LogP) is 8.69. The molecule has 7 N–H and O–H groups in total. The summed E-state index contributed by atoms with van der Waals surface area (Å²) in [5.74, 6) is 0.0840. The molecule has 0 aliphatic heterocycles. The Hall–Kier alpha value is -1.04. The molecular weight excluding hydrogens is 816 g/mol. The van der Waals surface area contributed by atoms with E-state index in [2.05, 4.69) is 68.2 Å². The first-order chi connectivity index (χ1) is 30.9. The Morgan fingerprint density at radius 3 is 1.48 bits per heavy atom. The van der Waals surface area contributed by atoms with E-state index in [9.17, 15) is 4.79 Å². The smallest absolute Gasteiger partial charge is 0.237 e. The predicted molar refractivity (Wildman–Crippen MR) is 276 cm³/mol. The molecule has 2 atom stereocenters. The van der Waals surface area contributed by atoms with Gasteiger partial charge < -0.3 is 53.8 Å². The highest BCUT2D eigenvalue weighted by atomic mass is 35.5. The van der Waals surface area contributed by atoms with Crippen molar-refractivity contribution in [2.75, 3.05) is 86.3 Å². The Morgan fingerprint density at radius 2 is 0.984 bits per heavy atom. The first-order valence-electron chi connectivity index (χ1n) is 27.3. The lowest BCUT2D eigenvalue weighted by molar-refractivity contribution is -0.892. The van der Waals surface area contributed by atoms with Crippen LogP contribution in [0.25, 0.3) is 0 Å². The molecule has 10 heteroatoms. The Morgan fingerprint density at radius 1 is 0.547 bits per heavy atom. The maximum Gasteiger partial charge on any atom is 0.237 e. The number of ether oxygens (including phenoxy) is 2. The van der Waals surface area contributed by atoms with Crippen LogP contribution in [0, 0.1) is 0 Å². The van der Waals surface area contributed by atoms with Gasteiger partial charge in [-0.3, -0.25) is 4.79 Å². The third kappa shape index (κ3) is 48.9. The first-order valence-corrected chi connectivity index (χ1v) is 27.3. The fourth-order valence-electron chi connectivity index (χ4n) is 8.15. The van der Waals surface area contributed by atoms with Gasteiger partial charge in [0.1, 0.15) is 12.6 Å². The molecule has 0 saturated carbocycles. The molecule has 0 bridgehead atoms. The lowest BCUT2D eigenvalue weighted by Gasteiger charge is -2.33. The number of hydrogen-bond donors (Lipinski definition) is 5. The van der Waals surface area contributed by atoms with E-state index in [1.165, 1.54) is 167 Å². The topological polar surface area (TPSA) is 124 Å². The van der Waals surface area contributed by atoms with Crippen molar-refractivity contribution in [2.45, 2.75) is 231 Å².